The Hall–Kier alpha value is 0. The summed E-state index contributed by atoms with van der Waals surface area (Å²) in [5.74, 6) is 3.29. The van der Waals surface area contributed by atoms with E-state index in [0.29, 0.717) is 0 Å². The molecule has 2 fully saturated rings. The van der Waals surface area contributed by atoms with Crippen molar-refractivity contribution in [3.8, 4) is 0 Å². The molecule has 0 saturated heterocycles. The van der Waals surface area contributed by atoms with Gasteiger partial charge >= 0.3 is 0 Å². The lowest BCUT2D eigenvalue weighted by molar-refractivity contribution is 0.225. The topological polar surface area (TPSA) is 0 Å². The molecule has 0 bridgehead atoms. The second-order valence-electron chi connectivity index (χ2n) is 5.95. The molecule has 1 unspecified atom stereocenters. The highest BCUT2D eigenvalue weighted by Gasteiger charge is 2.26. The molecular formula is C15H28. The summed E-state index contributed by atoms with van der Waals surface area (Å²) < 4.78 is 0. The first kappa shape index (κ1) is 11.5. The molecule has 0 radical (unpaired) electrons. The highest BCUT2D eigenvalue weighted by Crippen LogP contribution is 2.39. The molecule has 2 aliphatic carbocycles. The van der Waals surface area contributed by atoms with Gasteiger partial charge in [0.1, 0.15) is 0 Å². The molecular weight excluding hydrogens is 180 g/mol. The molecule has 0 aliphatic heterocycles. The van der Waals surface area contributed by atoms with E-state index in [1.54, 1.807) is 32.1 Å². The van der Waals surface area contributed by atoms with Crippen LogP contribution < -0.4 is 0 Å². The Labute approximate surface area is 95.8 Å². The zero-order valence-corrected chi connectivity index (χ0v) is 10.5. The van der Waals surface area contributed by atoms with Crippen molar-refractivity contribution in [2.45, 2.75) is 77.6 Å². The SMILES string of the molecule is CCC(CC1CCCCC1)C1CCCC1. The second kappa shape index (κ2) is 5.92. The van der Waals surface area contributed by atoms with Gasteiger partial charge in [0.05, 0.1) is 0 Å². The summed E-state index contributed by atoms with van der Waals surface area (Å²) in [6, 6.07) is 0. The molecule has 0 heterocycles. The van der Waals surface area contributed by atoms with Crippen LogP contribution in [0.2, 0.25) is 0 Å². The number of hydrogen-bond acceptors (Lipinski definition) is 0. The highest BCUT2D eigenvalue weighted by molar-refractivity contribution is 4.78. The zero-order chi connectivity index (χ0) is 10.5. The maximum atomic E-state index is 2.42. The van der Waals surface area contributed by atoms with Gasteiger partial charge in [-0.15, -0.1) is 0 Å². The molecule has 2 rings (SSSR count). The largest absolute Gasteiger partial charge is 0.0651 e. The van der Waals surface area contributed by atoms with Crippen molar-refractivity contribution < 1.29 is 0 Å². The predicted octanol–water partition coefficient (Wildman–Crippen LogP) is 5.17. The Morgan fingerprint density at radius 2 is 1.47 bits per heavy atom. The van der Waals surface area contributed by atoms with Crippen LogP contribution in [0.5, 0.6) is 0 Å². The van der Waals surface area contributed by atoms with Crippen LogP contribution in [0.1, 0.15) is 77.6 Å². The fraction of sp³-hybridized carbons (Fsp3) is 1.00. The van der Waals surface area contributed by atoms with Gasteiger partial charge in [-0.25, -0.2) is 0 Å². The van der Waals surface area contributed by atoms with Gasteiger partial charge < -0.3 is 0 Å². The van der Waals surface area contributed by atoms with E-state index in [9.17, 15) is 0 Å². The monoisotopic (exact) mass is 208 g/mol. The van der Waals surface area contributed by atoms with Crippen molar-refractivity contribution in [3.63, 3.8) is 0 Å². The fourth-order valence-corrected chi connectivity index (χ4v) is 3.97. The van der Waals surface area contributed by atoms with Crippen molar-refractivity contribution in [2.75, 3.05) is 0 Å². The molecule has 0 aromatic heterocycles. The third kappa shape index (κ3) is 3.23. The fourth-order valence-electron chi connectivity index (χ4n) is 3.97. The third-order valence-electron chi connectivity index (χ3n) is 4.95. The van der Waals surface area contributed by atoms with Gasteiger partial charge in [0.15, 0.2) is 0 Å². The molecule has 0 aromatic carbocycles. The summed E-state index contributed by atoms with van der Waals surface area (Å²) in [6.45, 7) is 2.42. The molecule has 0 spiro atoms. The second-order valence-corrected chi connectivity index (χ2v) is 5.95. The van der Waals surface area contributed by atoms with Crippen LogP contribution in [0.4, 0.5) is 0 Å². The van der Waals surface area contributed by atoms with Gasteiger partial charge in [-0.05, 0) is 24.2 Å². The molecule has 2 aliphatic rings. The van der Waals surface area contributed by atoms with Gasteiger partial charge in [0, 0.05) is 0 Å². The maximum Gasteiger partial charge on any atom is -0.0386 e. The number of rotatable bonds is 4. The van der Waals surface area contributed by atoms with Crippen LogP contribution in [-0.2, 0) is 0 Å². The summed E-state index contributed by atoms with van der Waals surface area (Å²) in [7, 11) is 0. The molecule has 0 amide bonds. The van der Waals surface area contributed by atoms with Crippen LogP contribution in [0.3, 0.4) is 0 Å². The quantitative estimate of drug-likeness (QED) is 0.597. The van der Waals surface area contributed by atoms with Crippen molar-refractivity contribution >= 4 is 0 Å². The van der Waals surface area contributed by atoms with E-state index < -0.39 is 0 Å². The van der Waals surface area contributed by atoms with E-state index in [0.717, 1.165) is 17.8 Å². The van der Waals surface area contributed by atoms with E-state index >= 15 is 0 Å². The first-order valence-corrected chi connectivity index (χ1v) is 7.40. The van der Waals surface area contributed by atoms with Gasteiger partial charge in [-0.1, -0.05) is 71.1 Å². The molecule has 0 N–H and O–H groups in total. The summed E-state index contributed by atoms with van der Waals surface area (Å²) in [6.07, 6.45) is 16.8. The van der Waals surface area contributed by atoms with Gasteiger partial charge in [-0.3, -0.25) is 0 Å². The molecule has 0 aromatic rings. The standard InChI is InChI=1S/C15H28/c1-2-14(15-10-6-7-11-15)12-13-8-4-3-5-9-13/h13-15H,2-12H2,1H3. The lowest BCUT2D eigenvalue weighted by atomic mass is 9.77. The Morgan fingerprint density at radius 3 is 2.07 bits per heavy atom. The van der Waals surface area contributed by atoms with Crippen molar-refractivity contribution in [1.29, 1.82) is 0 Å². The minimum atomic E-state index is 1.08. The molecule has 1 atom stereocenters. The molecule has 0 heteroatoms. The summed E-state index contributed by atoms with van der Waals surface area (Å²) in [5, 5.41) is 0. The number of hydrogen-bond donors (Lipinski definition) is 0. The smallest absolute Gasteiger partial charge is 0.0386 e. The Balaban J connectivity index is 1.78. The lowest BCUT2D eigenvalue weighted by Gasteiger charge is -2.29. The van der Waals surface area contributed by atoms with Crippen LogP contribution in [-0.4, -0.2) is 0 Å². The van der Waals surface area contributed by atoms with Crippen LogP contribution in [0, 0.1) is 17.8 Å². The van der Waals surface area contributed by atoms with E-state index in [4.69, 9.17) is 0 Å². The minimum absolute atomic E-state index is 1.08. The normalized spacial score (nSPS) is 27.0. The van der Waals surface area contributed by atoms with Gasteiger partial charge in [0.25, 0.3) is 0 Å². The highest BCUT2D eigenvalue weighted by atomic mass is 14.3. The van der Waals surface area contributed by atoms with Crippen LogP contribution in [0.25, 0.3) is 0 Å². The van der Waals surface area contributed by atoms with Crippen molar-refractivity contribution in [3.05, 3.63) is 0 Å². The molecule has 2 saturated carbocycles. The first-order chi connectivity index (χ1) is 7.40. The Bertz CT molecular complexity index is 161. The average molecular weight is 208 g/mol. The maximum absolute atomic E-state index is 2.42. The summed E-state index contributed by atoms with van der Waals surface area (Å²) in [4.78, 5) is 0. The summed E-state index contributed by atoms with van der Waals surface area (Å²) >= 11 is 0. The van der Waals surface area contributed by atoms with Crippen molar-refractivity contribution in [2.24, 2.45) is 17.8 Å². The molecule has 88 valence electrons. The van der Waals surface area contributed by atoms with E-state index in [-0.39, 0.29) is 0 Å². The van der Waals surface area contributed by atoms with E-state index in [1.807, 2.05) is 0 Å². The third-order valence-corrected chi connectivity index (χ3v) is 4.95. The minimum Gasteiger partial charge on any atom is -0.0651 e. The molecule has 0 nitrogen and oxygen atoms in total. The van der Waals surface area contributed by atoms with E-state index in [2.05, 4.69) is 6.92 Å². The Kier molecular flexibility index (Phi) is 4.53. The first-order valence-electron chi connectivity index (χ1n) is 7.40. The predicted molar refractivity (Wildman–Crippen MR) is 66.9 cm³/mol. The van der Waals surface area contributed by atoms with Gasteiger partial charge in [0.2, 0.25) is 0 Å². The average Bonchev–Trinajstić information content (AvgIpc) is 2.81. The summed E-state index contributed by atoms with van der Waals surface area (Å²) in [5.41, 5.74) is 0. The lowest BCUT2D eigenvalue weighted by Crippen LogP contribution is -2.17. The van der Waals surface area contributed by atoms with Crippen molar-refractivity contribution in [1.82, 2.24) is 0 Å². The van der Waals surface area contributed by atoms with Crippen LogP contribution in [0.15, 0.2) is 0 Å². The Morgan fingerprint density at radius 1 is 0.867 bits per heavy atom. The molecule has 15 heavy (non-hydrogen) atoms. The zero-order valence-electron chi connectivity index (χ0n) is 10.5. The van der Waals surface area contributed by atoms with Crippen LogP contribution >= 0.6 is 0 Å². The van der Waals surface area contributed by atoms with Gasteiger partial charge in [-0.2, -0.15) is 0 Å². The van der Waals surface area contributed by atoms with E-state index in [1.165, 1.54) is 38.5 Å².